The van der Waals surface area contributed by atoms with Crippen LogP contribution in [0.4, 0.5) is 0 Å². The van der Waals surface area contributed by atoms with Crippen LogP contribution in [0.1, 0.15) is 25.7 Å². The Bertz CT molecular complexity index is 818. The highest BCUT2D eigenvalue weighted by Gasteiger charge is 2.19. The van der Waals surface area contributed by atoms with Crippen molar-refractivity contribution in [2.24, 2.45) is 10.7 Å². The topological polar surface area (TPSA) is 88.5 Å². The fraction of sp³-hybridized carbons (Fsp3) is 0.333. The molecule has 2 aromatic rings. The lowest BCUT2D eigenvalue weighted by molar-refractivity contribution is 0.118. The van der Waals surface area contributed by atoms with Crippen molar-refractivity contribution in [3.8, 4) is 0 Å². The third-order valence-corrected chi connectivity index (χ3v) is 5.03. The lowest BCUT2D eigenvalue weighted by atomic mass is 9.93. The van der Waals surface area contributed by atoms with Crippen LogP contribution in [0, 0.1) is 0 Å². The molecule has 0 spiro atoms. The molecule has 0 unspecified atom stereocenters. The van der Waals surface area contributed by atoms with Gasteiger partial charge in [-0.1, -0.05) is 28.6 Å². The maximum atomic E-state index is 9.61. The van der Waals surface area contributed by atoms with Gasteiger partial charge in [0.2, 0.25) is 0 Å². The van der Waals surface area contributed by atoms with Crippen LogP contribution < -0.4 is 11.1 Å². The van der Waals surface area contributed by atoms with E-state index >= 15 is 0 Å². The number of aliphatic hydroxyl groups excluding tert-OH is 1. The molecule has 3 rings (SSSR count). The van der Waals surface area contributed by atoms with Gasteiger partial charge in [-0.25, -0.2) is 9.67 Å². The first-order valence-electron chi connectivity index (χ1n) is 8.31. The second-order valence-electron chi connectivity index (χ2n) is 6.15. The summed E-state index contributed by atoms with van der Waals surface area (Å²) in [7, 11) is 0. The van der Waals surface area contributed by atoms with Crippen LogP contribution in [0.5, 0.6) is 0 Å². The summed E-state index contributed by atoms with van der Waals surface area (Å²) in [4.78, 5) is 4.57. The van der Waals surface area contributed by atoms with Crippen LogP contribution in [0.2, 0.25) is 0 Å². The van der Waals surface area contributed by atoms with E-state index in [2.05, 4.69) is 37.9 Å². The number of nitrogens with one attached hydrogen (secondary N) is 1. The Balaban J connectivity index is 1.83. The zero-order valence-corrected chi connectivity index (χ0v) is 15.5. The molecule has 1 aliphatic carbocycles. The highest BCUT2D eigenvalue weighted by atomic mass is 79.9. The van der Waals surface area contributed by atoms with Crippen LogP contribution in [0.3, 0.4) is 0 Å². The zero-order chi connectivity index (χ0) is 17.8. The molecule has 1 saturated carbocycles. The number of nitrogens with zero attached hydrogens (tertiary/aromatic N) is 3. The monoisotopic (exact) mass is 403 g/mol. The van der Waals surface area contributed by atoms with E-state index in [1.165, 1.54) is 6.20 Å². The molecule has 132 valence electrons. The number of rotatable bonds is 4. The van der Waals surface area contributed by atoms with Gasteiger partial charge < -0.3 is 16.2 Å². The number of benzene rings is 1. The van der Waals surface area contributed by atoms with E-state index in [9.17, 15) is 5.11 Å². The summed E-state index contributed by atoms with van der Waals surface area (Å²) < 4.78 is 2.71. The molecule has 1 aromatic heterocycles. The van der Waals surface area contributed by atoms with Gasteiger partial charge in [0.15, 0.2) is 5.84 Å². The van der Waals surface area contributed by atoms with Crippen molar-refractivity contribution in [1.29, 1.82) is 0 Å². The Kier molecular flexibility index (Phi) is 5.55. The maximum absolute atomic E-state index is 9.61. The molecule has 4 N–H and O–H groups in total. The number of nitrogens with two attached hydrogens (primary N) is 1. The van der Waals surface area contributed by atoms with E-state index in [1.807, 2.05) is 18.2 Å². The molecule has 0 radical (unpaired) electrons. The van der Waals surface area contributed by atoms with Crippen molar-refractivity contribution in [3.63, 3.8) is 0 Å². The Morgan fingerprint density at radius 3 is 2.88 bits per heavy atom. The van der Waals surface area contributed by atoms with Crippen molar-refractivity contribution < 1.29 is 5.11 Å². The molecule has 1 fully saturated rings. The highest BCUT2D eigenvalue weighted by Crippen LogP contribution is 2.23. The standard InChI is InChI=1S/C18H22BrN5O/c1-12(22-13-5-7-14(25)8-6-13)23-18(9-10-20)24-17-4-2-3-16(19)15(17)11-21-24/h2-4,9-11,13-14,22,25H,1,5-8,20H2/b10-9-,23-18?. The SMILES string of the molecule is C=C(N=C(/C=C\N)n1ncc2c(Br)cccc21)NC1CCC(O)CC1. The average molecular weight is 404 g/mol. The summed E-state index contributed by atoms with van der Waals surface area (Å²) in [5.41, 5.74) is 6.53. The first kappa shape index (κ1) is 17.7. The summed E-state index contributed by atoms with van der Waals surface area (Å²) in [6, 6.07) is 6.19. The van der Waals surface area contributed by atoms with Crippen molar-refractivity contribution in [3.05, 3.63) is 53.5 Å². The van der Waals surface area contributed by atoms with Gasteiger partial charge in [-0.15, -0.1) is 0 Å². The number of halogens is 1. The van der Waals surface area contributed by atoms with E-state index in [-0.39, 0.29) is 12.1 Å². The molecule has 0 aliphatic heterocycles. The molecular weight excluding hydrogens is 382 g/mol. The molecule has 0 saturated heterocycles. The molecule has 0 atom stereocenters. The quantitative estimate of drug-likeness (QED) is 0.540. The summed E-state index contributed by atoms with van der Waals surface area (Å²) in [5.74, 6) is 1.15. The maximum Gasteiger partial charge on any atom is 0.157 e. The molecule has 25 heavy (non-hydrogen) atoms. The van der Waals surface area contributed by atoms with E-state index in [4.69, 9.17) is 5.73 Å². The van der Waals surface area contributed by atoms with Crippen LogP contribution in [0.25, 0.3) is 10.9 Å². The van der Waals surface area contributed by atoms with Crippen molar-refractivity contribution in [2.75, 3.05) is 0 Å². The molecule has 0 bridgehead atoms. The summed E-state index contributed by atoms with van der Waals surface area (Å²) in [6.45, 7) is 4.01. The molecule has 1 aromatic carbocycles. The number of hydrogen-bond donors (Lipinski definition) is 3. The molecule has 1 aliphatic rings. The minimum atomic E-state index is -0.181. The lowest BCUT2D eigenvalue weighted by Crippen LogP contribution is -2.33. The normalized spacial score (nSPS) is 21.8. The van der Waals surface area contributed by atoms with Crippen LogP contribution >= 0.6 is 15.9 Å². The second-order valence-corrected chi connectivity index (χ2v) is 7.01. The van der Waals surface area contributed by atoms with Gasteiger partial charge in [0.25, 0.3) is 0 Å². The van der Waals surface area contributed by atoms with Crippen molar-refractivity contribution in [1.82, 2.24) is 15.1 Å². The number of aromatic nitrogens is 2. The highest BCUT2D eigenvalue weighted by molar-refractivity contribution is 9.10. The molecule has 6 nitrogen and oxygen atoms in total. The zero-order valence-electron chi connectivity index (χ0n) is 13.9. The fourth-order valence-corrected chi connectivity index (χ4v) is 3.52. The molecule has 7 heteroatoms. The Morgan fingerprint density at radius 1 is 1.40 bits per heavy atom. The summed E-state index contributed by atoms with van der Waals surface area (Å²) in [5, 5.41) is 18.4. The number of aliphatic imine (C=N–C) groups is 1. The smallest absolute Gasteiger partial charge is 0.157 e. The van der Waals surface area contributed by atoms with Gasteiger partial charge in [-0.05, 0) is 50.1 Å². The minimum absolute atomic E-state index is 0.181. The van der Waals surface area contributed by atoms with Crippen LogP contribution in [-0.4, -0.2) is 32.9 Å². The van der Waals surface area contributed by atoms with E-state index in [0.717, 1.165) is 41.1 Å². The van der Waals surface area contributed by atoms with Gasteiger partial charge in [0.05, 0.1) is 17.8 Å². The molecule has 1 heterocycles. The van der Waals surface area contributed by atoms with Crippen LogP contribution in [-0.2, 0) is 0 Å². The number of hydrogen-bond acceptors (Lipinski definition) is 5. The van der Waals surface area contributed by atoms with Gasteiger partial charge in [0, 0.05) is 15.9 Å². The van der Waals surface area contributed by atoms with E-state index in [0.29, 0.717) is 11.7 Å². The first-order valence-corrected chi connectivity index (χ1v) is 9.11. The summed E-state index contributed by atoms with van der Waals surface area (Å²) >= 11 is 3.53. The number of aliphatic hydroxyl groups is 1. The summed E-state index contributed by atoms with van der Waals surface area (Å²) in [6.07, 6.45) is 8.19. The van der Waals surface area contributed by atoms with Gasteiger partial charge in [-0.2, -0.15) is 5.10 Å². The average Bonchev–Trinajstić information content (AvgIpc) is 3.02. The second kappa shape index (κ2) is 7.84. The third-order valence-electron chi connectivity index (χ3n) is 4.34. The predicted molar refractivity (Wildman–Crippen MR) is 104 cm³/mol. The third kappa shape index (κ3) is 4.11. The number of allylic oxidation sites excluding steroid dienone is 1. The predicted octanol–water partition coefficient (Wildman–Crippen LogP) is 2.88. The number of fused-ring (bicyclic) bond motifs is 1. The largest absolute Gasteiger partial charge is 0.404 e. The first-order chi connectivity index (χ1) is 12.1. The van der Waals surface area contributed by atoms with Gasteiger partial charge in [0.1, 0.15) is 5.82 Å². The van der Waals surface area contributed by atoms with E-state index in [1.54, 1.807) is 17.0 Å². The van der Waals surface area contributed by atoms with Gasteiger partial charge >= 0.3 is 0 Å². The van der Waals surface area contributed by atoms with Gasteiger partial charge in [-0.3, -0.25) is 0 Å². The molecular formula is C18H22BrN5O. The Morgan fingerprint density at radius 2 is 2.16 bits per heavy atom. The fourth-order valence-electron chi connectivity index (χ4n) is 3.07. The Hall–Kier alpha value is -2.12. The van der Waals surface area contributed by atoms with E-state index < -0.39 is 0 Å². The minimum Gasteiger partial charge on any atom is -0.404 e. The van der Waals surface area contributed by atoms with Crippen molar-refractivity contribution >= 4 is 32.7 Å². The molecule has 0 amide bonds. The Labute approximate surface area is 155 Å². The lowest BCUT2D eigenvalue weighted by Gasteiger charge is -2.26. The van der Waals surface area contributed by atoms with Crippen molar-refractivity contribution in [2.45, 2.75) is 37.8 Å². The van der Waals surface area contributed by atoms with Crippen LogP contribution in [0.15, 0.2) is 58.5 Å².